The topological polar surface area (TPSA) is 89.5 Å². The van der Waals surface area contributed by atoms with Gasteiger partial charge < -0.3 is 10.1 Å². The molecular weight excluding hydrogens is 368 g/mol. The fourth-order valence-corrected chi connectivity index (χ4v) is 2.94. The predicted octanol–water partition coefficient (Wildman–Crippen LogP) is 2.55. The van der Waals surface area contributed by atoms with Gasteiger partial charge in [0.25, 0.3) is 5.91 Å². The van der Waals surface area contributed by atoms with Gasteiger partial charge in [0.1, 0.15) is 11.6 Å². The summed E-state index contributed by atoms with van der Waals surface area (Å²) in [7, 11) is -3.68. The van der Waals surface area contributed by atoms with Crippen LogP contribution in [0.5, 0.6) is 0 Å². The molecule has 6 nitrogen and oxygen atoms in total. The van der Waals surface area contributed by atoms with Gasteiger partial charge in [-0.15, -0.1) is 0 Å². The Kier molecular flexibility index (Phi) is 5.71. The average Bonchev–Trinajstić information content (AvgIpc) is 2.56. The second-order valence-electron chi connectivity index (χ2n) is 5.43. The molecule has 0 saturated carbocycles. The van der Waals surface area contributed by atoms with E-state index in [0.29, 0.717) is 6.07 Å². The summed E-state index contributed by atoms with van der Waals surface area (Å²) in [5.41, 5.74) is -0.501. The van der Waals surface area contributed by atoms with Crippen LogP contribution < -0.4 is 5.32 Å². The van der Waals surface area contributed by atoms with Gasteiger partial charge in [0.05, 0.1) is 16.1 Å². The minimum absolute atomic E-state index is 0.220. The van der Waals surface area contributed by atoms with Crippen molar-refractivity contribution in [3.63, 3.8) is 0 Å². The van der Waals surface area contributed by atoms with Crippen molar-refractivity contribution in [1.29, 1.82) is 0 Å². The van der Waals surface area contributed by atoms with Crippen molar-refractivity contribution >= 4 is 27.4 Å². The van der Waals surface area contributed by atoms with Gasteiger partial charge in [-0.3, -0.25) is 4.79 Å². The van der Waals surface area contributed by atoms with Crippen molar-refractivity contribution in [2.75, 3.05) is 11.6 Å². The number of esters is 1. The Bertz CT molecular complexity index is 959. The summed E-state index contributed by atoms with van der Waals surface area (Å²) in [4.78, 5) is 24.0. The maximum absolute atomic E-state index is 13.6. The molecule has 0 aliphatic carbocycles. The largest absolute Gasteiger partial charge is 0.449 e. The van der Waals surface area contributed by atoms with E-state index in [1.54, 1.807) is 0 Å². The molecule has 2 rings (SSSR count). The summed E-state index contributed by atoms with van der Waals surface area (Å²) in [6.45, 7) is 1.23. The molecule has 1 atom stereocenters. The fourth-order valence-electron chi connectivity index (χ4n) is 2.06. The highest BCUT2D eigenvalue weighted by atomic mass is 32.2. The molecule has 0 spiro atoms. The molecule has 0 radical (unpaired) electrons. The normalized spacial score (nSPS) is 12.3. The van der Waals surface area contributed by atoms with Gasteiger partial charge in [0.2, 0.25) is 0 Å². The van der Waals surface area contributed by atoms with Gasteiger partial charge in [-0.1, -0.05) is 12.1 Å². The first kappa shape index (κ1) is 19.5. The summed E-state index contributed by atoms with van der Waals surface area (Å²) in [5, 5.41) is 2.16. The number of anilines is 1. The lowest BCUT2D eigenvalue weighted by Gasteiger charge is -2.15. The zero-order valence-electron chi connectivity index (χ0n) is 13.8. The zero-order valence-corrected chi connectivity index (χ0v) is 14.6. The van der Waals surface area contributed by atoms with Crippen LogP contribution in [0.1, 0.15) is 17.3 Å². The molecule has 0 bridgehead atoms. The van der Waals surface area contributed by atoms with E-state index in [1.165, 1.54) is 31.2 Å². The molecule has 0 aromatic heterocycles. The number of hydrogen-bond acceptors (Lipinski definition) is 5. The van der Waals surface area contributed by atoms with Crippen LogP contribution in [-0.2, 0) is 19.4 Å². The first-order valence-electron chi connectivity index (χ1n) is 7.35. The highest BCUT2D eigenvalue weighted by Crippen LogP contribution is 2.18. The zero-order chi connectivity index (χ0) is 19.5. The minimum Gasteiger partial charge on any atom is -0.449 e. The van der Waals surface area contributed by atoms with Crippen molar-refractivity contribution in [2.45, 2.75) is 17.9 Å². The molecule has 138 valence electrons. The number of carbonyl (C=O) groups excluding carboxylic acids is 2. The fraction of sp³-hybridized carbons (Fsp3) is 0.176. The molecule has 9 heteroatoms. The van der Waals surface area contributed by atoms with Crippen molar-refractivity contribution in [3.8, 4) is 0 Å². The van der Waals surface area contributed by atoms with Crippen molar-refractivity contribution in [3.05, 3.63) is 59.7 Å². The van der Waals surface area contributed by atoms with Crippen LogP contribution >= 0.6 is 0 Å². The molecule has 0 saturated heterocycles. The molecule has 2 aromatic carbocycles. The summed E-state index contributed by atoms with van der Waals surface area (Å²) in [6.07, 6.45) is -0.411. The van der Waals surface area contributed by atoms with Gasteiger partial charge in [-0.2, -0.15) is 0 Å². The van der Waals surface area contributed by atoms with E-state index >= 15 is 0 Å². The smallest absolute Gasteiger partial charge is 0.340 e. The number of halogens is 2. The molecule has 2 aromatic rings. The third kappa shape index (κ3) is 4.63. The molecule has 26 heavy (non-hydrogen) atoms. The molecule has 0 aliphatic rings. The Labute approximate surface area is 148 Å². The lowest BCUT2D eigenvalue weighted by atomic mass is 10.2. The Morgan fingerprint density at radius 2 is 1.77 bits per heavy atom. The Morgan fingerprint density at radius 3 is 2.38 bits per heavy atom. The van der Waals surface area contributed by atoms with E-state index in [0.717, 1.165) is 18.4 Å². The first-order valence-corrected chi connectivity index (χ1v) is 9.24. The molecule has 0 fully saturated rings. The quantitative estimate of drug-likeness (QED) is 0.802. The van der Waals surface area contributed by atoms with E-state index in [4.69, 9.17) is 4.74 Å². The van der Waals surface area contributed by atoms with Crippen molar-refractivity contribution in [2.24, 2.45) is 0 Å². The molecule has 0 aliphatic heterocycles. The average molecular weight is 383 g/mol. The highest BCUT2D eigenvalue weighted by molar-refractivity contribution is 7.90. The maximum Gasteiger partial charge on any atom is 0.340 e. The summed E-state index contributed by atoms with van der Waals surface area (Å²) >= 11 is 0. The molecule has 1 N–H and O–H groups in total. The third-order valence-corrected chi connectivity index (χ3v) is 4.50. The van der Waals surface area contributed by atoms with Crippen LogP contribution in [0.3, 0.4) is 0 Å². The number of ether oxygens (including phenoxy) is 1. The van der Waals surface area contributed by atoms with Crippen LogP contribution in [0, 0.1) is 11.6 Å². The maximum atomic E-state index is 13.6. The van der Waals surface area contributed by atoms with E-state index in [1.807, 2.05) is 0 Å². The number of amides is 1. The van der Waals surface area contributed by atoms with E-state index < -0.39 is 39.5 Å². The number of nitrogens with one attached hydrogen (secondary N) is 1. The van der Waals surface area contributed by atoms with Crippen LogP contribution in [0.25, 0.3) is 0 Å². The predicted molar refractivity (Wildman–Crippen MR) is 89.4 cm³/mol. The Balaban J connectivity index is 2.13. The monoisotopic (exact) mass is 383 g/mol. The SMILES string of the molecule is C[C@@H](OC(=O)c1ccccc1S(C)(=O)=O)C(=O)Nc1ccc(F)cc1F. The van der Waals surface area contributed by atoms with Crippen LogP contribution in [-0.4, -0.2) is 32.7 Å². The van der Waals surface area contributed by atoms with Gasteiger partial charge in [0.15, 0.2) is 15.9 Å². The molecular formula is C17H15F2NO5S. The second-order valence-corrected chi connectivity index (χ2v) is 7.41. The van der Waals surface area contributed by atoms with E-state index in [9.17, 15) is 26.8 Å². The summed E-state index contributed by atoms with van der Waals surface area (Å²) in [6, 6.07) is 7.96. The number of hydrogen-bond donors (Lipinski definition) is 1. The van der Waals surface area contributed by atoms with Gasteiger partial charge in [-0.05, 0) is 31.2 Å². The third-order valence-electron chi connectivity index (χ3n) is 3.35. The van der Waals surface area contributed by atoms with Gasteiger partial charge >= 0.3 is 5.97 Å². The Morgan fingerprint density at radius 1 is 1.12 bits per heavy atom. The number of sulfone groups is 1. The van der Waals surface area contributed by atoms with Crippen molar-refractivity contribution < 1.29 is 31.5 Å². The van der Waals surface area contributed by atoms with Crippen LogP contribution in [0.15, 0.2) is 47.4 Å². The van der Waals surface area contributed by atoms with Gasteiger partial charge in [-0.25, -0.2) is 22.0 Å². The van der Waals surface area contributed by atoms with Crippen LogP contribution in [0.4, 0.5) is 14.5 Å². The standard InChI is InChI=1S/C17H15F2NO5S/c1-10(16(21)20-14-8-7-11(18)9-13(14)19)25-17(22)12-5-3-4-6-15(12)26(2,23)24/h3-10H,1-2H3,(H,20,21)/t10-/m1/s1. The summed E-state index contributed by atoms with van der Waals surface area (Å²) in [5.74, 6) is -3.68. The molecule has 1 amide bonds. The van der Waals surface area contributed by atoms with E-state index in [-0.39, 0.29) is 16.1 Å². The van der Waals surface area contributed by atoms with Crippen molar-refractivity contribution in [1.82, 2.24) is 0 Å². The first-order chi connectivity index (χ1) is 12.1. The van der Waals surface area contributed by atoms with Gasteiger partial charge in [0, 0.05) is 12.3 Å². The number of rotatable bonds is 5. The molecule has 0 unspecified atom stereocenters. The summed E-state index contributed by atoms with van der Waals surface area (Å²) < 4.78 is 54.8. The lowest BCUT2D eigenvalue weighted by Crippen LogP contribution is -2.30. The second kappa shape index (κ2) is 7.61. The minimum atomic E-state index is -3.68. The van der Waals surface area contributed by atoms with Crippen LogP contribution in [0.2, 0.25) is 0 Å². The number of carbonyl (C=O) groups is 2. The Hall–Kier alpha value is -2.81. The number of benzene rings is 2. The highest BCUT2D eigenvalue weighted by Gasteiger charge is 2.24. The molecule has 0 heterocycles. The lowest BCUT2D eigenvalue weighted by molar-refractivity contribution is -0.123. The van der Waals surface area contributed by atoms with E-state index in [2.05, 4.69) is 5.32 Å².